The predicted molar refractivity (Wildman–Crippen MR) is 109 cm³/mol. The zero-order valence-electron chi connectivity index (χ0n) is 15.8. The summed E-state index contributed by atoms with van der Waals surface area (Å²) < 4.78 is 20.6. The number of aryl methyl sites for hydroxylation is 2. The molecular formula is C23H20FN3O2. The van der Waals surface area contributed by atoms with Crippen LogP contribution in [0.3, 0.4) is 0 Å². The van der Waals surface area contributed by atoms with Gasteiger partial charge in [-0.1, -0.05) is 0 Å². The summed E-state index contributed by atoms with van der Waals surface area (Å²) >= 11 is 0. The molecule has 0 aliphatic carbocycles. The van der Waals surface area contributed by atoms with Crippen LogP contribution in [0, 0.1) is 5.82 Å². The van der Waals surface area contributed by atoms with E-state index in [1.54, 1.807) is 22.9 Å². The summed E-state index contributed by atoms with van der Waals surface area (Å²) in [5, 5.41) is 4.47. The lowest BCUT2D eigenvalue weighted by molar-refractivity contribution is 0.500. The van der Waals surface area contributed by atoms with Gasteiger partial charge in [0, 0.05) is 54.5 Å². The molecule has 0 fully saturated rings. The lowest BCUT2D eigenvalue weighted by Gasteiger charge is -2.10. The number of hydrogen-bond acceptors (Lipinski definition) is 4. The Morgan fingerprint density at radius 3 is 2.90 bits per heavy atom. The minimum absolute atomic E-state index is 0.0908. The van der Waals surface area contributed by atoms with E-state index in [0.717, 1.165) is 53.2 Å². The highest BCUT2D eigenvalue weighted by Crippen LogP contribution is 2.29. The van der Waals surface area contributed by atoms with Crippen molar-refractivity contribution in [3.05, 3.63) is 93.6 Å². The van der Waals surface area contributed by atoms with Gasteiger partial charge in [-0.3, -0.25) is 14.3 Å². The van der Waals surface area contributed by atoms with Crippen molar-refractivity contribution in [2.24, 2.45) is 0 Å². The molecule has 146 valence electrons. The average molecular weight is 389 g/mol. The van der Waals surface area contributed by atoms with E-state index in [0.29, 0.717) is 12.8 Å². The summed E-state index contributed by atoms with van der Waals surface area (Å²) in [5.74, 6) is 0.690. The quantitative estimate of drug-likeness (QED) is 0.580. The van der Waals surface area contributed by atoms with Crippen LogP contribution in [0.2, 0.25) is 0 Å². The Kier molecular flexibility index (Phi) is 4.48. The Balaban J connectivity index is 1.39. The molecule has 6 heteroatoms. The summed E-state index contributed by atoms with van der Waals surface area (Å²) in [6.07, 6.45) is 5.22. The highest BCUT2D eigenvalue weighted by Gasteiger charge is 2.17. The topological polar surface area (TPSA) is 60.1 Å². The van der Waals surface area contributed by atoms with E-state index in [-0.39, 0.29) is 11.4 Å². The maximum absolute atomic E-state index is 13.0. The van der Waals surface area contributed by atoms with Crippen LogP contribution in [-0.4, -0.2) is 16.1 Å². The van der Waals surface area contributed by atoms with Crippen LogP contribution < -0.4 is 10.9 Å². The summed E-state index contributed by atoms with van der Waals surface area (Å²) in [7, 11) is 0. The molecule has 1 aliphatic rings. The van der Waals surface area contributed by atoms with E-state index in [1.165, 1.54) is 17.8 Å². The van der Waals surface area contributed by atoms with E-state index < -0.39 is 0 Å². The normalized spacial score (nSPS) is 13.6. The lowest BCUT2D eigenvalue weighted by Crippen LogP contribution is -2.22. The molecule has 0 spiro atoms. The van der Waals surface area contributed by atoms with Gasteiger partial charge in [-0.05, 0) is 48.7 Å². The first kappa shape index (κ1) is 17.8. The first-order valence-corrected chi connectivity index (χ1v) is 9.75. The Morgan fingerprint density at radius 2 is 2.07 bits per heavy atom. The van der Waals surface area contributed by atoms with Crippen LogP contribution in [0.25, 0.3) is 16.7 Å². The number of pyridine rings is 2. The van der Waals surface area contributed by atoms with Crippen LogP contribution in [0.5, 0.6) is 0 Å². The first-order chi connectivity index (χ1) is 14.2. The highest BCUT2D eigenvalue weighted by molar-refractivity contribution is 5.84. The fraction of sp³-hybridized carbons (Fsp3) is 0.217. The number of furan rings is 1. The standard InChI is InChI=1S/C23H20FN3O2/c24-16-2-4-17(26-13-16)3-1-15-8-10-27(23(28)11-15)18-5-6-19-20-14-25-9-7-21(20)29-22(19)12-18/h2,4-6,8,10-13,25H,1,3,7,9,14H2. The van der Waals surface area contributed by atoms with Crippen LogP contribution >= 0.6 is 0 Å². The number of fused-ring (bicyclic) bond motifs is 3. The zero-order chi connectivity index (χ0) is 19.8. The number of halogens is 1. The molecule has 0 bridgehead atoms. The van der Waals surface area contributed by atoms with E-state index in [4.69, 9.17) is 4.42 Å². The molecule has 0 unspecified atom stereocenters. The van der Waals surface area contributed by atoms with Gasteiger partial charge in [-0.15, -0.1) is 0 Å². The van der Waals surface area contributed by atoms with Gasteiger partial charge < -0.3 is 9.73 Å². The molecular weight excluding hydrogens is 369 g/mol. The van der Waals surface area contributed by atoms with Gasteiger partial charge in [0.25, 0.3) is 5.56 Å². The van der Waals surface area contributed by atoms with E-state index in [9.17, 15) is 9.18 Å². The van der Waals surface area contributed by atoms with Gasteiger partial charge >= 0.3 is 0 Å². The molecule has 5 nitrogen and oxygen atoms in total. The molecule has 1 aliphatic heterocycles. The van der Waals surface area contributed by atoms with Crippen molar-refractivity contribution >= 4 is 11.0 Å². The average Bonchev–Trinajstić information content (AvgIpc) is 3.11. The van der Waals surface area contributed by atoms with Gasteiger partial charge in [0.2, 0.25) is 0 Å². The molecule has 0 amide bonds. The Labute approximate surface area is 166 Å². The van der Waals surface area contributed by atoms with Crippen molar-refractivity contribution < 1.29 is 8.81 Å². The number of benzene rings is 1. The third-order valence-corrected chi connectivity index (χ3v) is 5.41. The summed E-state index contributed by atoms with van der Waals surface area (Å²) in [6, 6.07) is 12.6. The molecule has 29 heavy (non-hydrogen) atoms. The van der Waals surface area contributed by atoms with Crippen LogP contribution in [0.1, 0.15) is 22.6 Å². The summed E-state index contributed by atoms with van der Waals surface area (Å²) in [4.78, 5) is 16.7. The number of aromatic nitrogens is 2. The molecule has 4 aromatic rings. The lowest BCUT2D eigenvalue weighted by atomic mass is 10.1. The van der Waals surface area contributed by atoms with Crippen molar-refractivity contribution in [1.82, 2.24) is 14.9 Å². The molecule has 0 radical (unpaired) electrons. The monoisotopic (exact) mass is 389 g/mol. The maximum Gasteiger partial charge on any atom is 0.255 e. The van der Waals surface area contributed by atoms with Crippen LogP contribution in [-0.2, 0) is 25.8 Å². The van der Waals surface area contributed by atoms with Gasteiger partial charge in [0.15, 0.2) is 0 Å². The summed E-state index contributed by atoms with van der Waals surface area (Å²) in [6.45, 7) is 1.74. The first-order valence-electron chi connectivity index (χ1n) is 9.75. The van der Waals surface area contributed by atoms with Crippen molar-refractivity contribution in [2.45, 2.75) is 25.8 Å². The fourth-order valence-corrected chi connectivity index (χ4v) is 3.87. The Hall–Kier alpha value is -3.25. The van der Waals surface area contributed by atoms with E-state index in [2.05, 4.69) is 10.3 Å². The Morgan fingerprint density at radius 1 is 1.14 bits per heavy atom. The molecule has 0 atom stereocenters. The molecule has 0 saturated carbocycles. The molecule has 3 aromatic heterocycles. The highest BCUT2D eigenvalue weighted by atomic mass is 19.1. The summed E-state index contributed by atoms with van der Waals surface area (Å²) in [5.41, 5.74) is 4.46. The molecule has 1 N–H and O–H groups in total. The van der Waals surface area contributed by atoms with Crippen molar-refractivity contribution in [3.8, 4) is 5.69 Å². The second-order valence-electron chi connectivity index (χ2n) is 7.32. The zero-order valence-corrected chi connectivity index (χ0v) is 15.8. The second kappa shape index (κ2) is 7.29. The van der Waals surface area contributed by atoms with Crippen molar-refractivity contribution in [2.75, 3.05) is 6.54 Å². The SMILES string of the molecule is O=c1cc(CCc2ccc(F)cn2)ccn1-c1ccc2c3c(oc2c1)CCNC3. The minimum atomic E-state index is -0.345. The number of nitrogens with zero attached hydrogens (tertiary/aromatic N) is 2. The maximum atomic E-state index is 13.0. The molecule has 0 saturated heterocycles. The third kappa shape index (κ3) is 3.47. The van der Waals surface area contributed by atoms with Gasteiger partial charge in [-0.25, -0.2) is 4.39 Å². The van der Waals surface area contributed by atoms with Crippen molar-refractivity contribution in [3.63, 3.8) is 0 Å². The second-order valence-corrected chi connectivity index (χ2v) is 7.32. The van der Waals surface area contributed by atoms with Gasteiger partial charge in [0.1, 0.15) is 17.2 Å². The number of hydrogen-bond donors (Lipinski definition) is 1. The van der Waals surface area contributed by atoms with Crippen LogP contribution in [0.4, 0.5) is 4.39 Å². The van der Waals surface area contributed by atoms with Crippen molar-refractivity contribution in [1.29, 1.82) is 0 Å². The van der Waals surface area contributed by atoms with Crippen LogP contribution in [0.15, 0.2) is 64.1 Å². The number of nitrogens with one attached hydrogen (secondary N) is 1. The molecule has 4 heterocycles. The van der Waals surface area contributed by atoms with Gasteiger partial charge in [-0.2, -0.15) is 0 Å². The Bertz CT molecular complexity index is 1240. The van der Waals surface area contributed by atoms with Gasteiger partial charge in [0.05, 0.1) is 11.9 Å². The smallest absolute Gasteiger partial charge is 0.255 e. The third-order valence-electron chi connectivity index (χ3n) is 5.41. The van der Waals surface area contributed by atoms with E-state index in [1.807, 2.05) is 24.3 Å². The fourth-order valence-electron chi connectivity index (χ4n) is 3.87. The predicted octanol–water partition coefficient (Wildman–Crippen LogP) is 3.55. The molecule has 1 aromatic carbocycles. The largest absolute Gasteiger partial charge is 0.461 e. The molecule has 5 rings (SSSR count). The van der Waals surface area contributed by atoms with E-state index >= 15 is 0 Å². The number of rotatable bonds is 4. The minimum Gasteiger partial charge on any atom is -0.461 e.